The van der Waals surface area contributed by atoms with Gasteiger partial charge in [-0.2, -0.15) is 0 Å². The fourth-order valence-electron chi connectivity index (χ4n) is 1.17. The van der Waals surface area contributed by atoms with Gasteiger partial charge in [-0.3, -0.25) is 0 Å². The minimum atomic E-state index is -0.349. The Kier molecular flexibility index (Phi) is 6.65. The lowest BCUT2D eigenvalue weighted by atomic mass is 10.2. The zero-order valence-electron chi connectivity index (χ0n) is 9.65. The molecule has 4 nitrogen and oxygen atoms in total. The lowest BCUT2D eigenvalue weighted by Crippen LogP contribution is -2.13. The van der Waals surface area contributed by atoms with Gasteiger partial charge in [-0.05, 0) is 17.7 Å². The molecule has 0 amide bonds. The lowest BCUT2D eigenvalue weighted by molar-refractivity contribution is -0.148. The Bertz CT molecular complexity index is 337. The number of esters is 1. The molecule has 1 aromatic carbocycles. The maximum Gasteiger partial charge on any atom is 0.332 e. The van der Waals surface area contributed by atoms with E-state index in [1.807, 2.05) is 24.3 Å². The Hall–Kier alpha value is -1.07. The van der Waals surface area contributed by atoms with Crippen molar-refractivity contribution >= 4 is 21.9 Å². The summed E-state index contributed by atoms with van der Waals surface area (Å²) in [6.45, 7) is 0.719. The maximum absolute atomic E-state index is 11.1. The molecule has 17 heavy (non-hydrogen) atoms. The molecule has 0 spiro atoms. The van der Waals surface area contributed by atoms with Gasteiger partial charge >= 0.3 is 5.97 Å². The SMILES string of the molecule is COc1ccc(COCC(=O)OCCBr)cc1. The molecule has 0 aromatic heterocycles. The van der Waals surface area contributed by atoms with E-state index in [-0.39, 0.29) is 12.6 Å². The second-order valence-electron chi connectivity index (χ2n) is 3.25. The van der Waals surface area contributed by atoms with Gasteiger partial charge in [0.15, 0.2) is 0 Å². The number of hydrogen-bond acceptors (Lipinski definition) is 4. The van der Waals surface area contributed by atoms with Crippen LogP contribution in [-0.2, 0) is 20.9 Å². The van der Waals surface area contributed by atoms with Crippen LogP contribution in [0, 0.1) is 0 Å². The molecule has 0 fully saturated rings. The van der Waals surface area contributed by atoms with Gasteiger partial charge in [-0.1, -0.05) is 28.1 Å². The van der Waals surface area contributed by atoms with Crippen LogP contribution in [-0.4, -0.2) is 31.6 Å². The number of carbonyl (C=O) groups is 1. The molecule has 94 valence electrons. The van der Waals surface area contributed by atoms with Gasteiger partial charge in [0, 0.05) is 5.33 Å². The maximum atomic E-state index is 11.1. The molecule has 0 saturated heterocycles. The molecular weight excluding hydrogens is 288 g/mol. The standard InChI is InChI=1S/C12H15BrO4/c1-15-11-4-2-10(3-5-11)8-16-9-12(14)17-7-6-13/h2-5H,6-9H2,1H3. The van der Waals surface area contributed by atoms with Crippen LogP contribution in [0.4, 0.5) is 0 Å². The predicted molar refractivity (Wildman–Crippen MR) is 67.4 cm³/mol. The highest BCUT2D eigenvalue weighted by Crippen LogP contribution is 2.11. The molecule has 0 aliphatic carbocycles. The highest BCUT2D eigenvalue weighted by molar-refractivity contribution is 9.09. The second kappa shape index (κ2) is 8.08. The van der Waals surface area contributed by atoms with E-state index < -0.39 is 0 Å². The Morgan fingerprint density at radius 1 is 1.29 bits per heavy atom. The van der Waals surface area contributed by atoms with Crippen molar-refractivity contribution in [3.8, 4) is 5.75 Å². The van der Waals surface area contributed by atoms with Crippen LogP contribution in [0.25, 0.3) is 0 Å². The molecule has 0 aliphatic heterocycles. The normalized spacial score (nSPS) is 10.0. The first-order valence-electron chi connectivity index (χ1n) is 5.18. The van der Waals surface area contributed by atoms with Crippen molar-refractivity contribution in [2.45, 2.75) is 6.61 Å². The number of hydrogen-bond donors (Lipinski definition) is 0. The van der Waals surface area contributed by atoms with E-state index in [4.69, 9.17) is 14.2 Å². The van der Waals surface area contributed by atoms with Crippen LogP contribution in [0.2, 0.25) is 0 Å². The quantitative estimate of drug-likeness (QED) is 0.572. The third-order valence-corrected chi connectivity index (χ3v) is 2.31. The summed E-state index contributed by atoms with van der Waals surface area (Å²) in [5.41, 5.74) is 0.985. The summed E-state index contributed by atoms with van der Waals surface area (Å²) in [7, 11) is 1.62. The first-order chi connectivity index (χ1) is 8.26. The zero-order chi connectivity index (χ0) is 12.5. The van der Waals surface area contributed by atoms with Gasteiger partial charge in [0.2, 0.25) is 0 Å². The number of benzene rings is 1. The Balaban J connectivity index is 2.23. The topological polar surface area (TPSA) is 44.8 Å². The third kappa shape index (κ3) is 5.70. The van der Waals surface area contributed by atoms with E-state index in [1.54, 1.807) is 7.11 Å². The largest absolute Gasteiger partial charge is 0.497 e. The average Bonchev–Trinajstić information content (AvgIpc) is 2.37. The molecule has 0 bridgehead atoms. The first kappa shape index (κ1) is 14.0. The third-order valence-electron chi connectivity index (χ3n) is 1.99. The molecule has 0 saturated carbocycles. The fraction of sp³-hybridized carbons (Fsp3) is 0.417. The zero-order valence-corrected chi connectivity index (χ0v) is 11.2. The fourth-order valence-corrected chi connectivity index (χ4v) is 1.33. The summed E-state index contributed by atoms with van der Waals surface area (Å²) in [6.07, 6.45) is 0. The van der Waals surface area contributed by atoms with Crippen molar-refractivity contribution in [3.05, 3.63) is 29.8 Å². The smallest absolute Gasteiger partial charge is 0.332 e. The van der Waals surface area contributed by atoms with Gasteiger partial charge in [0.1, 0.15) is 19.0 Å². The predicted octanol–water partition coefficient (Wildman–Crippen LogP) is 2.15. The summed E-state index contributed by atoms with van der Waals surface area (Å²) in [5.74, 6) is 0.448. The Morgan fingerprint density at radius 3 is 2.59 bits per heavy atom. The van der Waals surface area contributed by atoms with Crippen LogP contribution >= 0.6 is 15.9 Å². The molecule has 0 radical (unpaired) electrons. The molecular formula is C12H15BrO4. The van der Waals surface area contributed by atoms with Crippen LogP contribution < -0.4 is 4.74 Å². The number of rotatable bonds is 7. The highest BCUT2D eigenvalue weighted by atomic mass is 79.9. The van der Waals surface area contributed by atoms with Crippen LogP contribution in [0.15, 0.2) is 24.3 Å². The molecule has 0 N–H and O–H groups in total. The molecule has 1 aromatic rings. The van der Waals surface area contributed by atoms with Crippen molar-refractivity contribution in [1.82, 2.24) is 0 Å². The van der Waals surface area contributed by atoms with E-state index in [0.717, 1.165) is 11.3 Å². The molecule has 1 rings (SSSR count). The van der Waals surface area contributed by atoms with E-state index in [0.29, 0.717) is 18.5 Å². The van der Waals surface area contributed by atoms with Crippen LogP contribution in [0.5, 0.6) is 5.75 Å². The van der Waals surface area contributed by atoms with E-state index >= 15 is 0 Å². The van der Waals surface area contributed by atoms with Crippen LogP contribution in [0.3, 0.4) is 0 Å². The van der Waals surface area contributed by atoms with Crippen LogP contribution in [0.1, 0.15) is 5.56 Å². The minimum absolute atomic E-state index is 0.0287. The molecule has 0 aliphatic rings. The average molecular weight is 303 g/mol. The molecule has 0 atom stereocenters. The summed E-state index contributed by atoms with van der Waals surface area (Å²) in [5, 5.41) is 0.636. The summed E-state index contributed by atoms with van der Waals surface area (Å²) in [6, 6.07) is 7.48. The summed E-state index contributed by atoms with van der Waals surface area (Å²) in [4.78, 5) is 11.1. The van der Waals surface area contributed by atoms with Crippen molar-refractivity contribution in [1.29, 1.82) is 0 Å². The number of alkyl halides is 1. The minimum Gasteiger partial charge on any atom is -0.497 e. The molecule has 5 heteroatoms. The van der Waals surface area contributed by atoms with E-state index in [1.165, 1.54) is 0 Å². The van der Waals surface area contributed by atoms with Gasteiger partial charge in [-0.15, -0.1) is 0 Å². The number of carbonyl (C=O) groups excluding carboxylic acids is 1. The van der Waals surface area contributed by atoms with Gasteiger partial charge < -0.3 is 14.2 Å². The summed E-state index contributed by atoms with van der Waals surface area (Å²) >= 11 is 3.17. The monoisotopic (exact) mass is 302 g/mol. The van der Waals surface area contributed by atoms with Crippen molar-refractivity contribution in [2.75, 3.05) is 25.7 Å². The van der Waals surface area contributed by atoms with Gasteiger partial charge in [0.25, 0.3) is 0 Å². The Labute approximate surface area is 109 Å². The first-order valence-corrected chi connectivity index (χ1v) is 6.30. The van der Waals surface area contributed by atoms with Crippen molar-refractivity contribution in [2.24, 2.45) is 0 Å². The number of methoxy groups -OCH3 is 1. The summed E-state index contributed by atoms with van der Waals surface area (Å²) < 4.78 is 15.1. The van der Waals surface area contributed by atoms with E-state index in [9.17, 15) is 4.79 Å². The Morgan fingerprint density at radius 2 is 2.00 bits per heavy atom. The van der Waals surface area contributed by atoms with Crippen molar-refractivity contribution in [3.63, 3.8) is 0 Å². The second-order valence-corrected chi connectivity index (χ2v) is 4.04. The number of ether oxygens (including phenoxy) is 3. The van der Waals surface area contributed by atoms with Gasteiger partial charge in [-0.25, -0.2) is 4.79 Å². The van der Waals surface area contributed by atoms with E-state index in [2.05, 4.69) is 15.9 Å². The number of halogens is 1. The molecule has 0 unspecified atom stereocenters. The molecule has 0 heterocycles. The lowest BCUT2D eigenvalue weighted by Gasteiger charge is -2.05. The van der Waals surface area contributed by atoms with Gasteiger partial charge in [0.05, 0.1) is 13.7 Å². The highest BCUT2D eigenvalue weighted by Gasteiger charge is 2.02. The van der Waals surface area contributed by atoms with Crippen molar-refractivity contribution < 1.29 is 19.0 Å².